The zero-order valence-electron chi connectivity index (χ0n) is 21.7. The lowest BCUT2D eigenvalue weighted by Gasteiger charge is -2.26. The lowest BCUT2D eigenvalue weighted by Crippen LogP contribution is -2.54. The smallest absolute Gasteiger partial charge is 0.335 e. The van der Waals surface area contributed by atoms with E-state index in [1.165, 1.54) is 0 Å². The average molecular weight is 508 g/mol. The Kier molecular flexibility index (Phi) is 6.83. The van der Waals surface area contributed by atoms with Crippen molar-refractivity contribution in [2.45, 2.75) is 33.7 Å². The third kappa shape index (κ3) is 4.83. The highest BCUT2D eigenvalue weighted by molar-refractivity contribution is 6.39. The van der Waals surface area contributed by atoms with Gasteiger partial charge in [0.15, 0.2) is 0 Å². The number of nitrogens with one attached hydrogen (secondary N) is 1. The molecule has 1 aliphatic rings. The number of fused-ring (bicyclic) bond motifs is 1. The fourth-order valence-corrected chi connectivity index (χ4v) is 4.62. The molecule has 0 radical (unpaired) electrons. The number of anilines is 1. The van der Waals surface area contributed by atoms with Gasteiger partial charge in [0.25, 0.3) is 11.8 Å². The van der Waals surface area contributed by atoms with Gasteiger partial charge in [0.1, 0.15) is 17.9 Å². The lowest BCUT2D eigenvalue weighted by molar-refractivity contribution is -0.122. The second-order valence-electron chi connectivity index (χ2n) is 9.39. The largest absolute Gasteiger partial charge is 0.491 e. The molecule has 0 aliphatic carbocycles. The number of nitrogens with zero attached hydrogens (tertiary/aromatic N) is 2. The van der Waals surface area contributed by atoms with Gasteiger partial charge in [0, 0.05) is 22.7 Å². The summed E-state index contributed by atoms with van der Waals surface area (Å²) in [5.74, 6) is -0.514. The number of para-hydroxylation sites is 1. The first-order valence-electron chi connectivity index (χ1n) is 12.6. The summed E-state index contributed by atoms with van der Waals surface area (Å²) in [6.07, 6.45) is 4.30. The maximum Gasteiger partial charge on any atom is 0.335 e. The molecule has 0 unspecified atom stereocenters. The van der Waals surface area contributed by atoms with Crippen LogP contribution in [-0.4, -0.2) is 29.0 Å². The maximum absolute atomic E-state index is 13.4. The number of aromatic nitrogens is 1. The van der Waals surface area contributed by atoms with E-state index in [0.717, 1.165) is 44.7 Å². The van der Waals surface area contributed by atoms with Crippen molar-refractivity contribution in [3.63, 3.8) is 0 Å². The molecule has 38 heavy (non-hydrogen) atoms. The third-order valence-electron chi connectivity index (χ3n) is 6.76. The van der Waals surface area contributed by atoms with Gasteiger partial charge in [-0.15, -0.1) is 0 Å². The van der Waals surface area contributed by atoms with Crippen molar-refractivity contribution < 1.29 is 19.1 Å². The van der Waals surface area contributed by atoms with Crippen LogP contribution in [0.5, 0.6) is 5.75 Å². The molecule has 0 saturated carbocycles. The van der Waals surface area contributed by atoms with Crippen LogP contribution < -0.4 is 15.0 Å². The van der Waals surface area contributed by atoms with E-state index in [1.54, 1.807) is 18.2 Å². The molecule has 7 nitrogen and oxygen atoms in total. The molecule has 4 aromatic rings. The molecule has 1 aliphatic heterocycles. The first-order valence-corrected chi connectivity index (χ1v) is 12.6. The molecule has 5 rings (SSSR count). The van der Waals surface area contributed by atoms with Crippen LogP contribution in [0.2, 0.25) is 0 Å². The molecule has 1 saturated heterocycles. The molecule has 7 heteroatoms. The summed E-state index contributed by atoms with van der Waals surface area (Å²) >= 11 is 0. The van der Waals surface area contributed by atoms with E-state index >= 15 is 0 Å². The number of imide groups is 2. The average Bonchev–Trinajstić information content (AvgIpc) is 3.26. The second kappa shape index (κ2) is 10.4. The van der Waals surface area contributed by atoms with Crippen LogP contribution in [0.15, 0.2) is 78.5 Å². The minimum atomic E-state index is -0.757. The molecular formula is C31H29N3O4. The Hall–Kier alpha value is -4.65. The van der Waals surface area contributed by atoms with Gasteiger partial charge in [-0.1, -0.05) is 49.4 Å². The SMILES string of the molecule is CCc1ccc(N2C(=O)NC(=O)C(=Cc3cn(CCOc4cc(C)ccc4C)c4ccccc34)C2=O)cc1. The molecule has 0 spiro atoms. The number of carbonyl (C=O) groups excluding carboxylic acids is 3. The van der Waals surface area contributed by atoms with Crippen LogP contribution in [0, 0.1) is 13.8 Å². The summed E-state index contributed by atoms with van der Waals surface area (Å²) in [4.78, 5) is 39.7. The van der Waals surface area contributed by atoms with E-state index in [4.69, 9.17) is 4.74 Å². The first-order chi connectivity index (χ1) is 18.4. The van der Waals surface area contributed by atoms with Crippen LogP contribution in [0.3, 0.4) is 0 Å². The third-order valence-corrected chi connectivity index (χ3v) is 6.76. The molecule has 1 aromatic heterocycles. The molecule has 192 valence electrons. The number of hydrogen-bond acceptors (Lipinski definition) is 4. The number of urea groups is 1. The minimum Gasteiger partial charge on any atom is -0.491 e. The topological polar surface area (TPSA) is 80.6 Å². The number of benzene rings is 3. The Morgan fingerprint density at radius 3 is 2.47 bits per heavy atom. The zero-order chi connectivity index (χ0) is 26.8. The number of rotatable bonds is 7. The first kappa shape index (κ1) is 25.0. The second-order valence-corrected chi connectivity index (χ2v) is 9.39. The van der Waals surface area contributed by atoms with Crippen LogP contribution in [-0.2, 0) is 22.6 Å². The van der Waals surface area contributed by atoms with Crippen molar-refractivity contribution in [2.24, 2.45) is 0 Å². The fourth-order valence-electron chi connectivity index (χ4n) is 4.62. The number of hydrogen-bond donors (Lipinski definition) is 1. The van der Waals surface area contributed by atoms with Crippen molar-refractivity contribution in [3.8, 4) is 5.75 Å². The molecule has 1 N–H and O–H groups in total. The van der Waals surface area contributed by atoms with E-state index in [2.05, 4.69) is 11.4 Å². The van der Waals surface area contributed by atoms with Gasteiger partial charge in [-0.2, -0.15) is 0 Å². The maximum atomic E-state index is 13.4. The van der Waals surface area contributed by atoms with E-state index in [-0.39, 0.29) is 5.57 Å². The van der Waals surface area contributed by atoms with Crippen molar-refractivity contribution in [1.29, 1.82) is 0 Å². The zero-order valence-corrected chi connectivity index (χ0v) is 21.7. The predicted octanol–water partition coefficient (Wildman–Crippen LogP) is 5.57. The highest BCUT2D eigenvalue weighted by atomic mass is 16.5. The van der Waals surface area contributed by atoms with E-state index in [9.17, 15) is 14.4 Å². The van der Waals surface area contributed by atoms with Crippen LogP contribution in [0.1, 0.15) is 29.2 Å². The number of aryl methyl sites for hydroxylation is 3. The number of ether oxygens (including phenoxy) is 1. The van der Waals surface area contributed by atoms with Crippen molar-refractivity contribution in [3.05, 3.63) is 101 Å². The molecule has 0 atom stereocenters. The Bertz CT molecular complexity index is 1580. The highest BCUT2D eigenvalue weighted by Gasteiger charge is 2.37. The van der Waals surface area contributed by atoms with Gasteiger partial charge in [-0.05, 0) is 67.3 Å². The van der Waals surface area contributed by atoms with Crippen molar-refractivity contribution in [1.82, 2.24) is 9.88 Å². The number of carbonyl (C=O) groups is 3. The highest BCUT2D eigenvalue weighted by Crippen LogP contribution is 2.27. The van der Waals surface area contributed by atoms with Crippen molar-refractivity contribution in [2.75, 3.05) is 11.5 Å². The molecule has 4 amide bonds. The summed E-state index contributed by atoms with van der Waals surface area (Å²) in [7, 11) is 0. The predicted molar refractivity (Wildman–Crippen MR) is 148 cm³/mol. The van der Waals surface area contributed by atoms with Gasteiger partial charge in [-0.25, -0.2) is 9.69 Å². The number of amides is 4. The summed E-state index contributed by atoms with van der Waals surface area (Å²) in [6, 6.07) is 20.3. The summed E-state index contributed by atoms with van der Waals surface area (Å²) in [5.41, 5.74) is 5.27. The molecule has 2 heterocycles. The molecule has 0 bridgehead atoms. The van der Waals surface area contributed by atoms with E-state index < -0.39 is 17.8 Å². The van der Waals surface area contributed by atoms with Crippen LogP contribution >= 0.6 is 0 Å². The normalized spacial score (nSPS) is 14.9. The van der Waals surface area contributed by atoms with Crippen LogP contribution in [0.25, 0.3) is 17.0 Å². The number of barbiturate groups is 1. The van der Waals surface area contributed by atoms with Gasteiger partial charge >= 0.3 is 6.03 Å². The fraction of sp³-hybridized carbons (Fsp3) is 0.194. The summed E-state index contributed by atoms with van der Waals surface area (Å²) < 4.78 is 8.10. The lowest BCUT2D eigenvalue weighted by atomic mass is 10.1. The Morgan fingerprint density at radius 1 is 0.947 bits per heavy atom. The van der Waals surface area contributed by atoms with E-state index in [1.807, 2.05) is 80.1 Å². The quantitative estimate of drug-likeness (QED) is 0.262. The van der Waals surface area contributed by atoms with Gasteiger partial charge in [0.05, 0.1) is 12.2 Å². The van der Waals surface area contributed by atoms with Gasteiger partial charge in [-0.3, -0.25) is 14.9 Å². The molecule has 3 aromatic carbocycles. The summed E-state index contributed by atoms with van der Waals surface area (Å²) in [6.45, 7) is 7.10. The monoisotopic (exact) mass is 507 g/mol. The summed E-state index contributed by atoms with van der Waals surface area (Å²) in [5, 5.41) is 3.20. The Morgan fingerprint density at radius 2 is 1.71 bits per heavy atom. The van der Waals surface area contributed by atoms with Crippen molar-refractivity contribution >= 4 is 40.5 Å². The van der Waals surface area contributed by atoms with E-state index in [0.29, 0.717) is 24.4 Å². The Balaban J connectivity index is 1.44. The molecule has 1 fully saturated rings. The van der Waals surface area contributed by atoms with Gasteiger partial charge in [0.2, 0.25) is 0 Å². The van der Waals surface area contributed by atoms with Gasteiger partial charge < -0.3 is 9.30 Å². The Labute approximate surface area is 221 Å². The standard InChI is InChI=1S/C31H29N3O4/c1-4-22-11-13-24(14-12-22)34-30(36)26(29(35)32-31(34)37)18-23-19-33(27-8-6-5-7-25(23)27)15-16-38-28-17-20(2)9-10-21(28)3/h5-14,17-19H,4,15-16H2,1-3H3,(H,32,35,37). The molecular weight excluding hydrogens is 478 g/mol. The van der Waals surface area contributed by atoms with Crippen LogP contribution in [0.4, 0.5) is 10.5 Å². The minimum absolute atomic E-state index is 0.0984.